The molecule has 0 aliphatic heterocycles. The molecule has 0 fully saturated rings. The third-order valence-corrected chi connectivity index (χ3v) is 4.10. The van der Waals surface area contributed by atoms with Crippen LogP contribution in [-0.4, -0.2) is 24.4 Å². The molecule has 0 bridgehead atoms. The number of aryl methyl sites for hydroxylation is 1. The van der Waals surface area contributed by atoms with Crippen LogP contribution in [0, 0.1) is 10.5 Å². The van der Waals surface area contributed by atoms with E-state index in [1.807, 2.05) is 37.3 Å². The summed E-state index contributed by atoms with van der Waals surface area (Å²) in [6.45, 7) is 2.59. The maximum Gasteiger partial charge on any atom is 0.119 e. The van der Waals surface area contributed by atoms with E-state index < -0.39 is 6.10 Å². The summed E-state index contributed by atoms with van der Waals surface area (Å²) in [5.74, 6) is 0.713. The van der Waals surface area contributed by atoms with E-state index in [4.69, 9.17) is 16.3 Å². The van der Waals surface area contributed by atoms with Gasteiger partial charge < -0.3 is 15.2 Å². The number of anilines is 1. The van der Waals surface area contributed by atoms with Crippen molar-refractivity contribution in [1.82, 2.24) is 0 Å². The molecular weight excluding hydrogens is 401 g/mol. The Morgan fingerprint density at radius 3 is 2.62 bits per heavy atom. The van der Waals surface area contributed by atoms with E-state index in [1.54, 1.807) is 12.1 Å². The Hall–Kier alpha value is -0.980. The minimum Gasteiger partial charge on any atom is -0.491 e. The number of aliphatic hydroxyl groups excluding tert-OH is 1. The third kappa shape index (κ3) is 5.37. The number of aliphatic hydroxyl groups is 1. The summed E-state index contributed by atoms with van der Waals surface area (Å²) in [5, 5.41) is 13.8. The summed E-state index contributed by atoms with van der Waals surface area (Å²) in [6.07, 6.45) is -0.583. The summed E-state index contributed by atoms with van der Waals surface area (Å²) in [4.78, 5) is 0. The number of hydrogen-bond acceptors (Lipinski definition) is 3. The topological polar surface area (TPSA) is 41.5 Å². The van der Waals surface area contributed by atoms with Gasteiger partial charge in [0.25, 0.3) is 0 Å². The summed E-state index contributed by atoms with van der Waals surface area (Å²) < 4.78 is 6.74. The Kier molecular flexibility index (Phi) is 6.14. The minimum absolute atomic E-state index is 0.235. The van der Waals surface area contributed by atoms with Gasteiger partial charge in [0.05, 0.1) is 0 Å². The summed E-state index contributed by atoms with van der Waals surface area (Å²) in [6, 6.07) is 13.5. The van der Waals surface area contributed by atoms with Crippen LogP contribution in [-0.2, 0) is 0 Å². The Labute approximate surface area is 143 Å². The molecule has 1 unspecified atom stereocenters. The van der Waals surface area contributed by atoms with E-state index in [9.17, 15) is 5.11 Å². The molecular formula is C16H17ClINO2. The van der Waals surface area contributed by atoms with Crippen LogP contribution in [0.3, 0.4) is 0 Å². The first kappa shape index (κ1) is 16.4. The zero-order valence-electron chi connectivity index (χ0n) is 11.6. The molecule has 0 spiro atoms. The van der Waals surface area contributed by atoms with Gasteiger partial charge in [-0.3, -0.25) is 0 Å². The van der Waals surface area contributed by atoms with Crippen LogP contribution >= 0.6 is 34.2 Å². The Bertz CT molecular complexity index is 589. The molecule has 0 saturated carbocycles. The molecule has 0 radical (unpaired) electrons. The predicted octanol–water partition coefficient (Wildman–Crippen LogP) is 4.10. The smallest absolute Gasteiger partial charge is 0.119 e. The number of nitrogens with one attached hydrogen (secondary N) is 1. The third-order valence-electron chi connectivity index (χ3n) is 2.96. The van der Waals surface area contributed by atoms with E-state index in [-0.39, 0.29) is 6.61 Å². The van der Waals surface area contributed by atoms with E-state index in [0.717, 1.165) is 11.3 Å². The molecule has 2 N–H and O–H groups in total. The minimum atomic E-state index is -0.583. The standard InChI is InChI=1S/C16H17ClINO2/c1-11-8-15(6-7-16(11)17)21-10-14(20)9-19-13-4-2-12(18)3-5-13/h2-8,14,19-20H,9-10H2,1H3. The number of rotatable bonds is 6. The lowest BCUT2D eigenvalue weighted by atomic mass is 10.2. The van der Waals surface area contributed by atoms with Crippen molar-refractivity contribution in [3.63, 3.8) is 0 Å². The van der Waals surface area contributed by atoms with Gasteiger partial charge in [-0.15, -0.1) is 0 Å². The van der Waals surface area contributed by atoms with Crippen LogP contribution in [0.15, 0.2) is 42.5 Å². The monoisotopic (exact) mass is 417 g/mol. The van der Waals surface area contributed by atoms with Crippen LogP contribution in [0.5, 0.6) is 5.75 Å². The lowest BCUT2D eigenvalue weighted by molar-refractivity contribution is 0.117. The first-order valence-electron chi connectivity index (χ1n) is 6.61. The van der Waals surface area contributed by atoms with Gasteiger partial charge in [-0.2, -0.15) is 0 Å². The highest BCUT2D eigenvalue weighted by Gasteiger charge is 2.06. The zero-order valence-corrected chi connectivity index (χ0v) is 14.6. The van der Waals surface area contributed by atoms with Crippen LogP contribution in [0.2, 0.25) is 5.02 Å². The first-order chi connectivity index (χ1) is 10.0. The lowest BCUT2D eigenvalue weighted by Gasteiger charge is -2.14. The molecule has 112 valence electrons. The number of benzene rings is 2. The van der Waals surface area contributed by atoms with Crippen molar-refractivity contribution in [2.45, 2.75) is 13.0 Å². The highest BCUT2D eigenvalue weighted by atomic mass is 127. The fraction of sp³-hybridized carbons (Fsp3) is 0.250. The second-order valence-corrected chi connectivity index (χ2v) is 6.42. The van der Waals surface area contributed by atoms with Crippen molar-refractivity contribution in [2.75, 3.05) is 18.5 Å². The fourth-order valence-electron chi connectivity index (χ4n) is 1.76. The molecule has 2 rings (SSSR count). The van der Waals surface area contributed by atoms with Crippen molar-refractivity contribution >= 4 is 39.9 Å². The van der Waals surface area contributed by atoms with Gasteiger partial charge in [0.15, 0.2) is 0 Å². The van der Waals surface area contributed by atoms with Crippen molar-refractivity contribution in [3.8, 4) is 5.75 Å². The average Bonchev–Trinajstić information content (AvgIpc) is 2.48. The van der Waals surface area contributed by atoms with Crippen molar-refractivity contribution in [3.05, 3.63) is 56.6 Å². The lowest BCUT2D eigenvalue weighted by Crippen LogP contribution is -2.26. The SMILES string of the molecule is Cc1cc(OCC(O)CNc2ccc(I)cc2)ccc1Cl. The quantitative estimate of drug-likeness (QED) is 0.695. The zero-order chi connectivity index (χ0) is 15.2. The molecule has 21 heavy (non-hydrogen) atoms. The molecule has 0 aliphatic rings. The van der Waals surface area contributed by atoms with Gasteiger partial charge in [0.1, 0.15) is 18.5 Å². The summed E-state index contributed by atoms with van der Waals surface area (Å²) in [7, 11) is 0. The fourth-order valence-corrected chi connectivity index (χ4v) is 2.24. The van der Waals surface area contributed by atoms with E-state index in [2.05, 4.69) is 27.9 Å². The Balaban J connectivity index is 1.77. The highest BCUT2D eigenvalue weighted by molar-refractivity contribution is 14.1. The van der Waals surface area contributed by atoms with Gasteiger partial charge in [0, 0.05) is 20.8 Å². The molecule has 0 aliphatic carbocycles. The molecule has 0 amide bonds. The maximum atomic E-state index is 9.94. The average molecular weight is 418 g/mol. The van der Waals surface area contributed by atoms with Crippen molar-refractivity contribution < 1.29 is 9.84 Å². The first-order valence-corrected chi connectivity index (χ1v) is 8.07. The number of halogens is 2. The molecule has 2 aromatic carbocycles. The molecule has 2 aromatic rings. The molecule has 1 atom stereocenters. The van der Waals surface area contributed by atoms with Crippen molar-refractivity contribution in [1.29, 1.82) is 0 Å². The van der Waals surface area contributed by atoms with Gasteiger partial charge in [-0.05, 0) is 77.5 Å². The van der Waals surface area contributed by atoms with Gasteiger partial charge >= 0.3 is 0 Å². The van der Waals surface area contributed by atoms with Gasteiger partial charge in [-0.25, -0.2) is 0 Å². The summed E-state index contributed by atoms with van der Waals surface area (Å²) >= 11 is 8.21. The number of ether oxygens (including phenoxy) is 1. The van der Waals surface area contributed by atoms with Crippen LogP contribution in [0.25, 0.3) is 0 Å². The number of hydrogen-bond donors (Lipinski definition) is 2. The molecule has 0 saturated heterocycles. The Morgan fingerprint density at radius 1 is 1.24 bits per heavy atom. The predicted molar refractivity (Wildman–Crippen MR) is 95.3 cm³/mol. The van der Waals surface area contributed by atoms with E-state index >= 15 is 0 Å². The molecule has 0 heterocycles. The molecule has 3 nitrogen and oxygen atoms in total. The van der Waals surface area contributed by atoms with Crippen LogP contribution < -0.4 is 10.1 Å². The molecule has 5 heteroatoms. The highest BCUT2D eigenvalue weighted by Crippen LogP contribution is 2.21. The Morgan fingerprint density at radius 2 is 1.95 bits per heavy atom. The molecule has 0 aromatic heterocycles. The van der Waals surface area contributed by atoms with Crippen LogP contribution in [0.4, 0.5) is 5.69 Å². The van der Waals surface area contributed by atoms with Gasteiger partial charge in [0.2, 0.25) is 0 Å². The normalized spacial score (nSPS) is 12.0. The largest absolute Gasteiger partial charge is 0.491 e. The van der Waals surface area contributed by atoms with Crippen LogP contribution in [0.1, 0.15) is 5.56 Å². The van der Waals surface area contributed by atoms with Crippen molar-refractivity contribution in [2.24, 2.45) is 0 Å². The summed E-state index contributed by atoms with van der Waals surface area (Å²) in [5.41, 5.74) is 1.94. The maximum absolute atomic E-state index is 9.94. The second kappa shape index (κ2) is 7.87. The van der Waals surface area contributed by atoms with Gasteiger partial charge in [-0.1, -0.05) is 11.6 Å². The second-order valence-electron chi connectivity index (χ2n) is 4.76. The van der Waals surface area contributed by atoms with E-state index in [0.29, 0.717) is 17.3 Å². The van der Waals surface area contributed by atoms with E-state index in [1.165, 1.54) is 3.57 Å².